The summed E-state index contributed by atoms with van der Waals surface area (Å²) < 4.78 is 2.00. The zero-order valence-electron chi connectivity index (χ0n) is 8.72. The second kappa shape index (κ2) is 4.00. The summed E-state index contributed by atoms with van der Waals surface area (Å²) in [7, 11) is -1.48. The van der Waals surface area contributed by atoms with Gasteiger partial charge in [0.05, 0.1) is 9.72 Å². The topological polar surface area (TPSA) is 40.5 Å². The Hall–Kier alpha value is -1.07. The molecule has 0 saturated heterocycles. The molecule has 3 aromatic rings. The molecule has 0 fully saturated rings. The highest BCUT2D eigenvalue weighted by Crippen LogP contribution is 2.36. The van der Waals surface area contributed by atoms with Gasteiger partial charge in [-0.25, -0.2) is 0 Å². The third-order valence-electron chi connectivity index (χ3n) is 2.79. The molecule has 0 saturated carbocycles. The molecule has 5 heteroatoms. The van der Waals surface area contributed by atoms with Crippen molar-refractivity contribution in [3.05, 3.63) is 41.4 Å². The Labute approximate surface area is 107 Å². The van der Waals surface area contributed by atoms with E-state index < -0.39 is 7.12 Å². The highest BCUT2D eigenvalue weighted by molar-refractivity contribution is 7.26. The molecule has 0 aliphatic heterocycles. The molecule has 0 radical (unpaired) electrons. The summed E-state index contributed by atoms with van der Waals surface area (Å²) in [6, 6.07) is 11.2. The molecule has 0 spiro atoms. The maximum atomic E-state index is 9.41. The van der Waals surface area contributed by atoms with E-state index in [9.17, 15) is 10.0 Å². The van der Waals surface area contributed by atoms with Crippen LogP contribution in [0.15, 0.2) is 36.4 Å². The quantitative estimate of drug-likeness (QED) is 0.661. The van der Waals surface area contributed by atoms with Crippen LogP contribution in [0.2, 0.25) is 5.02 Å². The van der Waals surface area contributed by atoms with Crippen LogP contribution in [0.3, 0.4) is 0 Å². The van der Waals surface area contributed by atoms with Gasteiger partial charge in [-0.2, -0.15) is 0 Å². The Kier molecular flexibility index (Phi) is 2.60. The molecule has 1 aromatic heterocycles. The Morgan fingerprint density at radius 1 is 1.06 bits per heavy atom. The van der Waals surface area contributed by atoms with E-state index in [4.69, 9.17) is 11.6 Å². The molecular weight excluding hydrogens is 254 g/mol. The third-order valence-corrected chi connectivity index (χ3v) is 4.42. The van der Waals surface area contributed by atoms with Crippen molar-refractivity contribution in [2.45, 2.75) is 0 Å². The lowest BCUT2D eigenvalue weighted by atomic mass is 9.77. The molecular formula is C12H8BClO2S. The molecule has 2 N–H and O–H groups in total. The lowest BCUT2D eigenvalue weighted by molar-refractivity contribution is 0.426. The first-order chi connectivity index (χ1) is 8.18. The van der Waals surface area contributed by atoms with E-state index in [0.717, 1.165) is 20.2 Å². The first-order valence-electron chi connectivity index (χ1n) is 5.14. The van der Waals surface area contributed by atoms with E-state index in [2.05, 4.69) is 0 Å². The van der Waals surface area contributed by atoms with Crippen molar-refractivity contribution < 1.29 is 10.0 Å². The smallest absolute Gasteiger partial charge is 0.423 e. The second-order valence-corrected chi connectivity index (χ2v) is 5.27. The average molecular weight is 263 g/mol. The van der Waals surface area contributed by atoms with Crippen LogP contribution in [0.1, 0.15) is 0 Å². The Bertz CT molecular complexity index is 708. The van der Waals surface area contributed by atoms with E-state index in [1.807, 2.05) is 24.3 Å². The van der Waals surface area contributed by atoms with Crippen LogP contribution in [-0.4, -0.2) is 17.2 Å². The van der Waals surface area contributed by atoms with Crippen LogP contribution in [0.4, 0.5) is 0 Å². The number of benzene rings is 2. The van der Waals surface area contributed by atoms with Gasteiger partial charge in [0.2, 0.25) is 0 Å². The number of halogens is 1. The summed E-state index contributed by atoms with van der Waals surface area (Å²) in [5.74, 6) is 0. The minimum Gasteiger partial charge on any atom is -0.423 e. The van der Waals surface area contributed by atoms with Gasteiger partial charge in [-0.15, -0.1) is 11.3 Å². The average Bonchev–Trinajstić information content (AvgIpc) is 2.69. The number of fused-ring (bicyclic) bond motifs is 3. The zero-order valence-corrected chi connectivity index (χ0v) is 10.3. The largest absolute Gasteiger partial charge is 0.489 e. The van der Waals surface area contributed by atoms with Crippen LogP contribution in [0.25, 0.3) is 20.2 Å². The molecule has 0 atom stereocenters. The van der Waals surface area contributed by atoms with Crippen molar-refractivity contribution in [1.82, 2.24) is 0 Å². The molecule has 1 heterocycles. The number of rotatable bonds is 1. The molecule has 0 unspecified atom stereocenters. The van der Waals surface area contributed by atoms with Crippen LogP contribution in [0.5, 0.6) is 0 Å². The van der Waals surface area contributed by atoms with Gasteiger partial charge in [-0.1, -0.05) is 35.9 Å². The predicted molar refractivity (Wildman–Crippen MR) is 74.2 cm³/mol. The molecule has 2 aromatic carbocycles. The maximum Gasteiger partial charge on any atom is 0.489 e. The van der Waals surface area contributed by atoms with Gasteiger partial charge in [0.25, 0.3) is 0 Å². The minimum atomic E-state index is -1.48. The molecule has 0 aliphatic carbocycles. The van der Waals surface area contributed by atoms with Gasteiger partial charge >= 0.3 is 7.12 Å². The van der Waals surface area contributed by atoms with Crippen molar-refractivity contribution in [2.24, 2.45) is 0 Å². The van der Waals surface area contributed by atoms with Crippen molar-refractivity contribution >= 4 is 55.7 Å². The highest BCUT2D eigenvalue weighted by Gasteiger charge is 2.19. The predicted octanol–water partition coefficient (Wildman–Crippen LogP) is 2.39. The fraction of sp³-hybridized carbons (Fsp3) is 0. The van der Waals surface area contributed by atoms with Gasteiger partial charge in [0, 0.05) is 15.5 Å². The van der Waals surface area contributed by atoms with E-state index in [0.29, 0.717) is 10.5 Å². The Morgan fingerprint density at radius 2 is 1.82 bits per heavy atom. The van der Waals surface area contributed by atoms with Crippen LogP contribution in [0, 0.1) is 0 Å². The van der Waals surface area contributed by atoms with Crippen molar-refractivity contribution in [1.29, 1.82) is 0 Å². The lowest BCUT2D eigenvalue weighted by Crippen LogP contribution is -2.30. The SMILES string of the molecule is OB(O)c1ccc(Cl)c2sc3ccccc3c12. The summed E-state index contributed by atoms with van der Waals surface area (Å²) in [5.41, 5.74) is 0.502. The molecule has 2 nitrogen and oxygen atoms in total. The summed E-state index contributed by atoms with van der Waals surface area (Å²) in [6.45, 7) is 0. The third kappa shape index (κ3) is 1.65. The lowest BCUT2D eigenvalue weighted by Gasteiger charge is -2.03. The zero-order chi connectivity index (χ0) is 12.0. The monoisotopic (exact) mass is 262 g/mol. The summed E-state index contributed by atoms with van der Waals surface area (Å²) in [4.78, 5) is 0. The van der Waals surface area contributed by atoms with Crippen molar-refractivity contribution in [3.63, 3.8) is 0 Å². The summed E-state index contributed by atoms with van der Waals surface area (Å²) in [6.07, 6.45) is 0. The van der Waals surface area contributed by atoms with Gasteiger partial charge in [0.1, 0.15) is 0 Å². The highest BCUT2D eigenvalue weighted by atomic mass is 35.5. The number of hydrogen-bond donors (Lipinski definition) is 2. The Morgan fingerprint density at radius 3 is 2.59 bits per heavy atom. The van der Waals surface area contributed by atoms with E-state index in [1.165, 1.54) is 0 Å². The van der Waals surface area contributed by atoms with Crippen molar-refractivity contribution in [2.75, 3.05) is 0 Å². The van der Waals surface area contributed by atoms with Gasteiger partial charge in [0.15, 0.2) is 0 Å². The van der Waals surface area contributed by atoms with Crippen LogP contribution < -0.4 is 5.46 Å². The van der Waals surface area contributed by atoms with Crippen molar-refractivity contribution in [3.8, 4) is 0 Å². The number of hydrogen-bond acceptors (Lipinski definition) is 3. The molecule has 0 aliphatic rings. The van der Waals surface area contributed by atoms with E-state index in [-0.39, 0.29) is 0 Å². The van der Waals surface area contributed by atoms with Gasteiger partial charge < -0.3 is 10.0 Å². The molecule has 3 rings (SSSR count). The van der Waals surface area contributed by atoms with Gasteiger partial charge in [-0.05, 0) is 17.6 Å². The first kappa shape index (κ1) is 11.0. The van der Waals surface area contributed by atoms with Gasteiger partial charge in [-0.3, -0.25) is 0 Å². The second-order valence-electron chi connectivity index (χ2n) is 3.81. The number of thiophene rings is 1. The maximum absolute atomic E-state index is 9.41. The molecule has 17 heavy (non-hydrogen) atoms. The van der Waals surface area contributed by atoms with Crippen LogP contribution in [-0.2, 0) is 0 Å². The van der Waals surface area contributed by atoms with E-state index >= 15 is 0 Å². The fourth-order valence-corrected chi connectivity index (χ4v) is 3.45. The normalized spacial score (nSPS) is 11.2. The first-order valence-corrected chi connectivity index (χ1v) is 6.33. The molecule has 84 valence electrons. The van der Waals surface area contributed by atoms with Crippen LogP contribution >= 0.6 is 22.9 Å². The molecule has 0 amide bonds. The molecule has 0 bridgehead atoms. The summed E-state index contributed by atoms with van der Waals surface area (Å²) in [5, 5.41) is 21.3. The van der Waals surface area contributed by atoms with E-state index in [1.54, 1.807) is 23.5 Å². The Balaban J connectivity index is 2.56. The fourth-order valence-electron chi connectivity index (χ4n) is 2.04. The standard InChI is InChI=1S/C12H8BClO2S/c14-9-6-5-8(13(15)16)11-7-3-1-2-4-10(7)17-12(9)11/h1-6,15-16H. The summed E-state index contributed by atoms with van der Waals surface area (Å²) >= 11 is 7.72. The minimum absolute atomic E-state index is 0.502.